The number of amides is 1. The summed E-state index contributed by atoms with van der Waals surface area (Å²) in [6.07, 6.45) is 4.74. The van der Waals surface area contributed by atoms with Gasteiger partial charge in [0.15, 0.2) is 0 Å². The van der Waals surface area contributed by atoms with Gasteiger partial charge in [0.05, 0.1) is 13.2 Å². The SMILES string of the molecule is COc1ccc([C@H]2C=CCCN2C(=O)OC(C)(C)C)cc1. The van der Waals surface area contributed by atoms with E-state index in [1.807, 2.05) is 45.0 Å². The standard InChI is InChI=1S/C17H23NO3/c1-17(2,3)21-16(19)18-12-6-5-7-15(18)13-8-10-14(20-4)11-9-13/h5,7-11,15H,6,12H2,1-4H3/t15-/m1/s1. The van der Waals surface area contributed by atoms with Gasteiger partial charge < -0.3 is 9.47 Å². The van der Waals surface area contributed by atoms with Gasteiger partial charge >= 0.3 is 6.09 Å². The second-order valence-electron chi connectivity index (χ2n) is 6.11. The molecule has 0 aliphatic carbocycles. The summed E-state index contributed by atoms with van der Waals surface area (Å²) in [5.41, 5.74) is 0.570. The summed E-state index contributed by atoms with van der Waals surface area (Å²) in [5.74, 6) is 0.808. The van der Waals surface area contributed by atoms with E-state index in [9.17, 15) is 4.79 Å². The first-order valence-corrected chi connectivity index (χ1v) is 7.21. The molecule has 1 aromatic carbocycles. The number of benzene rings is 1. The molecule has 0 saturated heterocycles. The highest BCUT2D eigenvalue weighted by Crippen LogP contribution is 2.29. The van der Waals surface area contributed by atoms with Crippen molar-refractivity contribution >= 4 is 6.09 Å². The third-order valence-electron chi connectivity index (χ3n) is 3.28. The molecule has 0 unspecified atom stereocenters. The maximum Gasteiger partial charge on any atom is 0.411 e. The van der Waals surface area contributed by atoms with Gasteiger partial charge in [-0.1, -0.05) is 24.3 Å². The molecule has 21 heavy (non-hydrogen) atoms. The van der Waals surface area contributed by atoms with Crippen LogP contribution in [0.1, 0.15) is 38.8 Å². The van der Waals surface area contributed by atoms with Crippen LogP contribution in [0.2, 0.25) is 0 Å². The lowest BCUT2D eigenvalue weighted by atomic mass is 10.0. The third kappa shape index (κ3) is 4.00. The maximum absolute atomic E-state index is 12.4. The van der Waals surface area contributed by atoms with Crippen LogP contribution < -0.4 is 4.74 Å². The second-order valence-corrected chi connectivity index (χ2v) is 6.11. The zero-order valence-electron chi connectivity index (χ0n) is 13.1. The lowest BCUT2D eigenvalue weighted by molar-refractivity contribution is 0.0190. The minimum atomic E-state index is -0.483. The molecule has 1 heterocycles. The van der Waals surface area contributed by atoms with Crippen LogP contribution in [0.15, 0.2) is 36.4 Å². The molecule has 0 N–H and O–H groups in total. The Labute approximate surface area is 126 Å². The summed E-state index contributed by atoms with van der Waals surface area (Å²) in [4.78, 5) is 14.1. The van der Waals surface area contributed by atoms with Crippen LogP contribution in [0.4, 0.5) is 4.79 Å². The Kier molecular flexibility index (Phi) is 4.56. The molecule has 4 nitrogen and oxygen atoms in total. The largest absolute Gasteiger partial charge is 0.497 e. The second kappa shape index (κ2) is 6.20. The van der Waals surface area contributed by atoms with Crippen molar-refractivity contribution in [2.45, 2.75) is 38.8 Å². The molecule has 2 rings (SSSR count). The van der Waals surface area contributed by atoms with E-state index in [1.54, 1.807) is 12.0 Å². The molecule has 0 aromatic heterocycles. The van der Waals surface area contributed by atoms with Crippen molar-refractivity contribution in [2.24, 2.45) is 0 Å². The molecule has 114 valence electrons. The summed E-state index contributed by atoms with van der Waals surface area (Å²) in [6, 6.07) is 7.70. The van der Waals surface area contributed by atoms with Crippen LogP contribution in [0.3, 0.4) is 0 Å². The summed E-state index contributed by atoms with van der Waals surface area (Å²) in [5, 5.41) is 0. The lowest BCUT2D eigenvalue weighted by Gasteiger charge is -2.34. The topological polar surface area (TPSA) is 38.8 Å². The number of methoxy groups -OCH3 is 1. The predicted molar refractivity (Wildman–Crippen MR) is 82.4 cm³/mol. The normalized spacial score (nSPS) is 18.5. The third-order valence-corrected chi connectivity index (χ3v) is 3.28. The van der Waals surface area contributed by atoms with Gasteiger partial charge in [-0.05, 0) is 44.9 Å². The van der Waals surface area contributed by atoms with Crippen LogP contribution >= 0.6 is 0 Å². The van der Waals surface area contributed by atoms with Crippen LogP contribution in [0.5, 0.6) is 5.75 Å². The molecule has 1 aliphatic rings. The predicted octanol–water partition coefficient (Wildman–Crippen LogP) is 3.93. The van der Waals surface area contributed by atoms with Crippen molar-refractivity contribution in [3.63, 3.8) is 0 Å². The first-order chi connectivity index (χ1) is 9.90. The quantitative estimate of drug-likeness (QED) is 0.774. The van der Waals surface area contributed by atoms with Gasteiger partial charge in [0.2, 0.25) is 0 Å². The molecular weight excluding hydrogens is 266 g/mol. The fourth-order valence-corrected chi connectivity index (χ4v) is 2.30. The van der Waals surface area contributed by atoms with Gasteiger partial charge in [-0.2, -0.15) is 0 Å². The van der Waals surface area contributed by atoms with Gasteiger partial charge in [-0.3, -0.25) is 4.90 Å². The average Bonchev–Trinajstić information content (AvgIpc) is 2.45. The van der Waals surface area contributed by atoms with Gasteiger partial charge in [-0.25, -0.2) is 4.79 Å². The number of carbonyl (C=O) groups is 1. The fourth-order valence-electron chi connectivity index (χ4n) is 2.30. The molecule has 1 atom stereocenters. The van der Waals surface area contributed by atoms with Crippen molar-refractivity contribution in [3.8, 4) is 5.75 Å². The van der Waals surface area contributed by atoms with Gasteiger partial charge in [0.1, 0.15) is 11.4 Å². The number of ether oxygens (including phenoxy) is 2. The molecule has 0 bridgehead atoms. The molecule has 1 aromatic rings. The van der Waals surface area contributed by atoms with E-state index in [4.69, 9.17) is 9.47 Å². The molecule has 0 radical (unpaired) electrons. The van der Waals surface area contributed by atoms with E-state index in [2.05, 4.69) is 12.2 Å². The van der Waals surface area contributed by atoms with Gasteiger partial charge in [-0.15, -0.1) is 0 Å². The first kappa shape index (κ1) is 15.4. The summed E-state index contributed by atoms with van der Waals surface area (Å²) in [7, 11) is 1.64. The number of nitrogens with zero attached hydrogens (tertiary/aromatic N) is 1. The highest BCUT2D eigenvalue weighted by atomic mass is 16.6. The van der Waals surface area contributed by atoms with E-state index in [0.717, 1.165) is 17.7 Å². The van der Waals surface area contributed by atoms with Crippen LogP contribution in [-0.2, 0) is 4.74 Å². The van der Waals surface area contributed by atoms with Crippen LogP contribution in [0.25, 0.3) is 0 Å². The van der Waals surface area contributed by atoms with Crippen LogP contribution in [-0.4, -0.2) is 30.2 Å². The molecule has 1 amide bonds. The molecule has 1 aliphatic heterocycles. The number of carbonyl (C=O) groups excluding carboxylic acids is 1. The highest BCUT2D eigenvalue weighted by Gasteiger charge is 2.29. The summed E-state index contributed by atoms with van der Waals surface area (Å²) >= 11 is 0. The number of hydrogen-bond acceptors (Lipinski definition) is 3. The lowest BCUT2D eigenvalue weighted by Crippen LogP contribution is -2.40. The Hall–Kier alpha value is -1.97. The van der Waals surface area contributed by atoms with E-state index >= 15 is 0 Å². The number of hydrogen-bond donors (Lipinski definition) is 0. The minimum absolute atomic E-state index is 0.0838. The van der Waals surface area contributed by atoms with Crippen molar-refractivity contribution in [1.82, 2.24) is 4.90 Å². The molecule has 0 spiro atoms. The van der Waals surface area contributed by atoms with E-state index in [1.165, 1.54) is 0 Å². The Balaban J connectivity index is 2.20. The zero-order valence-corrected chi connectivity index (χ0v) is 13.1. The molecule has 0 saturated carbocycles. The fraction of sp³-hybridized carbons (Fsp3) is 0.471. The molecular formula is C17H23NO3. The molecule has 4 heteroatoms. The van der Waals surface area contributed by atoms with Gasteiger partial charge in [0.25, 0.3) is 0 Å². The van der Waals surface area contributed by atoms with Crippen molar-refractivity contribution < 1.29 is 14.3 Å². The average molecular weight is 289 g/mol. The Morgan fingerprint density at radius 2 is 1.90 bits per heavy atom. The van der Waals surface area contributed by atoms with Crippen molar-refractivity contribution in [3.05, 3.63) is 42.0 Å². The zero-order chi connectivity index (χ0) is 15.5. The Morgan fingerprint density at radius 3 is 2.48 bits per heavy atom. The number of rotatable bonds is 2. The minimum Gasteiger partial charge on any atom is -0.497 e. The Morgan fingerprint density at radius 1 is 1.24 bits per heavy atom. The van der Waals surface area contributed by atoms with Crippen molar-refractivity contribution in [2.75, 3.05) is 13.7 Å². The Bertz CT molecular complexity index is 514. The van der Waals surface area contributed by atoms with E-state index in [0.29, 0.717) is 6.54 Å². The smallest absolute Gasteiger partial charge is 0.411 e. The monoisotopic (exact) mass is 289 g/mol. The summed E-state index contributed by atoms with van der Waals surface area (Å²) in [6.45, 7) is 6.31. The summed E-state index contributed by atoms with van der Waals surface area (Å²) < 4.78 is 10.7. The molecule has 0 fully saturated rings. The van der Waals surface area contributed by atoms with E-state index in [-0.39, 0.29) is 12.1 Å². The van der Waals surface area contributed by atoms with Crippen molar-refractivity contribution in [1.29, 1.82) is 0 Å². The van der Waals surface area contributed by atoms with E-state index < -0.39 is 5.60 Å². The maximum atomic E-state index is 12.4. The van der Waals surface area contributed by atoms with Gasteiger partial charge in [0, 0.05) is 6.54 Å². The first-order valence-electron chi connectivity index (χ1n) is 7.21. The van der Waals surface area contributed by atoms with Crippen LogP contribution in [0, 0.1) is 0 Å². The highest BCUT2D eigenvalue weighted by molar-refractivity contribution is 5.69.